The molecule has 2 atom stereocenters. The fourth-order valence-electron chi connectivity index (χ4n) is 1.86. The van der Waals surface area contributed by atoms with Crippen molar-refractivity contribution in [2.24, 2.45) is 23.2 Å². The molecular formula is C11H22. The summed E-state index contributed by atoms with van der Waals surface area (Å²) in [6, 6.07) is 0. The zero-order chi connectivity index (χ0) is 8.65. The van der Waals surface area contributed by atoms with Crippen molar-refractivity contribution in [1.29, 1.82) is 0 Å². The smallest absolute Gasteiger partial charge is 0.0297 e. The minimum Gasteiger partial charge on any atom is -0.0625 e. The van der Waals surface area contributed by atoms with Crippen LogP contribution in [0.1, 0.15) is 47.5 Å². The maximum absolute atomic E-state index is 2.44. The van der Waals surface area contributed by atoms with Crippen LogP contribution < -0.4 is 0 Å². The summed E-state index contributed by atoms with van der Waals surface area (Å²) in [5, 5.41) is 0. The first-order valence-electron chi connectivity index (χ1n) is 4.97. The van der Waals surface area contributed by atoms with E-state index in [1.165, 1.54) is 12.8 Å². The van der Waals surface area contributed by atoms with Crippen molar-refractivity contribution in [2.45, 2.75) is 47.5 Å². The summed E-state index contributed by atoms with van der Waals surface area (Å²) < 4.78 is 0. The lowest BCUT2D eigenvalue weighted by Crippen LogP contribution is -2.21. The Labute approximate surface area is 71.4 Å². The summed E-state index contributed by atoms with van der Waals surface area (Å²) in [7, 11) is 0. The zero-order valence-electron chi connectivity index (χ0n) is 8.65. The molecule has 0 N–H and O–H groups in total. The van der Waals surface area contributed by atoms with Crippen molar-refractivity contribution in [3.05, 3.63) is 0 Å². The molecule has 0 aromatic heterocycles. The van der Waals surface area contributed by atoms with E-state index in [0.29, 0.717) is 5.41 Å². The zero-order valence-corrected chi connectivity index (χ0v) is 8.65. The Morgan fingerprint density at radius 1 is 1.00 bits per heavy atom. The Balaban J connectivity index is 2.46. The van der Waals surface area contributed by atoms with E-state index in [0.717, 1.165) is 17.8 Å². The van der Waals surface area contributed by atoms with Crippen LogP contribution in [0.3, 0.4) is 0 Å². The van der Waals surface area contributed by atoms with Crippen LogP contribution in [0, 0.1) is 23.2 Å². The van der Waals surface area contributed by atoms with Crippen LogP contribution in [0.25, 0.3) is 0 Å². The predicted octanol–water partition coefficient (Wildman–Crippen LogP) is 3.71. The highest BCUT2D eigenvalue weighted by atomic mass is 14.5. The monoisotopic (exact) mass is 154 g/mol. The molecule has 0 nitrogen and oxygen atoms in total. The average Bonchev–Trinajstić information content (AvgIpc) is 2.66. The fraction of sp³-hybridized carbons (Fsp3) is 1.00. The minimum atomic E-state index is 0.712. The third kappa shape index (κ3) is 1.77. The Kier molecular flexibility index (Phi) is 2.32. The van der Waals surface area contributed by atoms with E-state index in [4.69, 9.17) is 0 Å². The van der Waals surface area contributed by atoms with Crippen molar-refractivity contribution in [3.8, 4) is 0 Å². The Bertz CT molecular complexity index is 131. The van der Waals surface area contributed by atoms with Crippen LogP contribution in [0.5, 0.6) is 0 Å². The van der Waals surface area contributed by atoms with Crippen LogP contribution in [-0.4, -0.2) is 0 Å². The van der Waals surface area contributed by atoms with Crippen LogP contribution in [-0.2, 0) is 0 Å². The molecule has 0 heterocycles. The average molecular weight is 154 g/mol. The molecule has 0 spiro atoms. The number of hydrogen-bond acceptors (Lipinski definition) is 0. The molecule has 1 aliphatic carbocycles. The topological polar surface area (TPSA) is 0 Å². The van der Waals surface area contributed by atoms with Gasteiger partial charge in [0.05, 0.1) is 0 Å². The molecule has 0 saturated heterocycles. The van der Waals surface area contributed by atoms with Crippen molar-refractivity contribution in [1.82, 2.24) is 0 Å². The minimum absolute atomic E-state index is 0.712. The molecule has 0 aliphatic heterocycles. The molecule has 1 rings (SSSR count). The van der Waals surface area contributed by atoms with Crippen molar-refractivity contribution in [2.75, 3.05) is 0 Å². The lowest BCUT2D eigenvalue weighted by molar-refractivity contribution is 0.207. The molecular weight excluding hydrogens is 132 g/mol. The van der Waals surface area contributed by atoms with Gasteiger partial charge in [-0.1, -0.05) is 34.6 Å². The first-order valence-corrected chi connectivity index (χ1v) is 4.97. The van der Waals surface area contributed by atoms with Gasteiger partial charge >= 0.3 is 0 Å². The van der Waals surface area contributed by atoms with E-state index in [9.17, 15) is 0 Å². The lowest BCUT2D eigenvalue weighted by atomic mass is 9.77. The molecule has 0 aromatic carbocycles. The Hall–Kier alpha value is 0. The summed E-state index contributed by atoms with van der Waals surface area (Å²) in [6.45, 7) is 12.0. The van der Waals surface area contributed by atoms with Gasteiger partial charge in [-0.25, -0.2) is 0 Å². The summed E-state index contributed by atoms with van der Waals surface area (Å²) in [4.78, 5) is 0. The Morgan fingerprint density at radius 3 is 1.73 bits per heavy atom. The standard InChI is InChI=1S/C11H22/c1-8(2)9(3)10(4)11(5)6-7-11/h8-10H,6-7H2,1-5H3. The maximum Gasteiger partial charge on any atom is -0.0297 e. The highest BCUT2D eigenvalue weighted by Crippen LogP contribution is 2.54. The van der Waals surface area contributed by atoms with Crippen LogP contribution in [0.4, 0.5) is 0 Å². The summed E-state index contributed by atoms with van der Waals surface area (Å²) in [5.74, 6) is 2.66. The van der Waals surface area contributed by atoms with Gasteiger partial charge < -0.3 is 0 Å². The quantitative estimate of drug-likeness (QED) is 0.581. The summed E-state index contributed by atoms with van der Waals surface area (Å²) >= 11 is 0. The largest absolute Gasteiger partial charge is 0.0625 e. The van der Waals surface area contributed by atoms with E-state index >= 15 is 0 Å². The number of hydrogen-bond donors (Lipinski definition) is 0. The second-order valence-electron chi connectivity index (χ2n) is 5.05. The molecule has 1 fully saturated rings. The molecule has 0 bridgehead atoms. The first-order chi connectivity index (χ1) is 4.97. The molecule has 0 radical (unpaired) electrons. The molecule has 0 amide bonds. The van der Waals surface area contributed by atoms with Crippen LogP contribution in [0.15, 0.2) is 0 Å². The lowest BCUT2D eigenvalue weighted by Gasteiger charge is -2.28. The molecule has 1 aliphatic rings. The van der Waals surface area contributed by atoms with E-state index in [2.05, 4.69) is 34.6 Å². The SMILES string of the molecule is CC(C)C(C)C(C)C1(C)CC1. The van der Waals surface area contributed by atoms with Gasteiger partial charge in [0.1, 0.15) is 0 Å². The second kappa shape index (κ2) is 2.80. The highest BCUT2D eigenvalue weighted by Gasteiger charge is 2.44. The van der Waals surface area contributed by atoms with Crippen molar-refractivity contribution in [3.63, 3.8) is 0 Å². The van der Waals surface area contributed by atoms with Gasteiger partial charge in [-0.3, -0.25) is 0 Å². The van der Waals surface area contributed by atoms with E-state index in [1.807, 2.05) is 0 Å². The van der Waals surface area contributed by atoms with Crippen molar-refractivity contribution < 1.29 is 0 Å². The van der Waals surface area contributed by atoms with E-state index in [1.54, 1.807) is 0 Å². The van der Waals surface area contributed by atoms with Gasteiger partial charge in [-0.15, -0.1) is 0 Å². The predicted molar refractivity (Wildman–Crippen MR) is 50.5 cm³/mol. The molecule has 11 heavy (non-hydrogen) atoms. The van der Waals surface area contributed by atoms with E-state index < -0.39 is 0 Å². The third-order valence-electron chi connectivity index (χ3n) is 3.98. The molecule has 0 heteroatoms. The third-order valence-corrected chi connectivity index (χ3v) is 3.98. The molecule has 1 saturated carbocycles. The van der Waals surface area contributed by atoms with Gasteiger partial charge in [0, 0.05) is 0 Å². The second-order valence-corrected chi connectivity index (χ2v) is 5.05. The van der Waals surface area contributed by atoms with Gasteiger partial charge in [-0.05, 0) is 36.0 Å². The molecule has 0 aromatic rings. The molecule has 2 unspecified atom stereocenters. The van der Waals surface area contributed by atoms with Gasteiger partial charge in [0.25, 0.3) is 0 Å². The van der Waals surface area contributed by atoms with E-state index in [-0.39, 0.29) is 0 Å². The van der Waals surface area contributed by atoms with Gasteiger partial charge in [0.15, 0.2) is 0 Å². The van der Waals surface area contributed by atoms with Crippen molar-refractivity contribution >= 4 is 0 Å². The fourth-order valence-corrected chi connectivity index (χ4v) is 1.86. The summed E-state index contributed by atoms with van der Waals surface area (Å²) in [5.41, 5.74) is 0.712. The van der Waals surface area contributed by atoms with Gasteiger partial charge in [0.2, 0.25) is 0 Å². The molecule has 66 valence electrons. The maximum atomic E-state index is 2.44. The van der Waals surface area contributed by atoms with Crippen LogP contribution in [0.2, 0.25) is 0 Å². The number of rotatable bonds is 3. The van der Waals surface area contributed by atoms with Crippen LogP contribution >= 0.6 is 0 Å². The van der Waals surface area contributed by atoms with Gasteiger partial charge in [-0.2, -0.15) is 0 Å². The first kappa shape index (κ1) is 9.09. The highest BCUT2D eigenvalue weighted by molar-refractivity contribution is 4.94. The summed E-state index contributed by atoms with van der Waals surface area (Å²) in [6.07, 6.45) is 2.93. The Morgan fingerprint density at radius 2 is 1.45 bits per heavy atom. The normalized spacial score (nSPS) is 26.7.